The van der Waals surface area contributed by atoms with Crippen LogP contribution in [0.2, 0.25) is 0 Å². The molecule has 7 heteroatoms. The van der Waals surface area contributed by atoms with Crippen molar-refractivity contribution in [2.24, 2.45) is 0 Å². The molecule has 128 valence electrons. The van der Waals surface area contributed by atoms with Crippen molar-refractivity contribution in [1.82, 2.24) is 0 Å². The molecule has 0 radical (unpaired) electrons. The quantitative estimate of drug-likeness (QED) is 0.360. The van der Waals surface area contributed by atoms with E-state index in [4.69, 9.17) is 9.47 Å². The van der Waals surface area contributed by atoms with Crippen LogP contribution < -0.4 is 14.8 Å². The zero-order valence-corrected chi connectivity index (χ0v) is 17.2. The molecule has 0 saturated carbocycles. The van der Waals surface area contributed by atoms with Gasteiger partial charge in [0.1, 0.15) is 11.6 Å². The summed E-state index contributed by atoms with van der Waals surface area (Å²) < 4.78 is 12.1. The Morgan fingerprint density at radius 3 is 2.60 bits per heavy atom. The Kier molecular flexibility index (Phi) is 6.84. The SMILES string of the molecule is COc1cc(/C=C(\C#N)C(=O)Nc2ccccc2I)cc(Br)c1OC. The first-order valence-corrected chi connectivity index (χ1v) is 8.96. The highest BCUT2D eigenvalue weighted by atomic mass is 127. The van der Waals surface area contributed by atoms with Crippen molar-refractivity contribution < 1.29 is 14.3 Å². The van der Waals surface area contributed by atoms with E-state index in [1.807, 2.05) is 24.3 Å². The maximum Gasteiger partial charge on any atom is 0.266 e. The van der Waals surface area contributed by atoms with Gasteiger partial charge in [-0.3, -0.25) is 4.79 Å². The Balaban J connectivity index is 2.34. The highest BCUT2D eigenvalue weighted by Gasteiger charge is 2.14. The molecular weight excluding hydrogens is 499 g/mol. The maximum absolute atomic E-state index is 12.4. The van der Waals surface area contributed by atoms with Gasteiger partial charge in [-0.25, -0.2) is 0 Å². The van der Waals surface area contributed by atoms with Crippen molar-refractivity contribution in [3.05, 3.63) is 55.6 Å². The number of anilines is 1. The molecule has 0 atom stereocenters. The van der Waals surface area contributed by atoms with Gasteiger partial charge in [0, 0.05) is 3.57 Å². The van der Waals surface area contributed by atoms with E-state index >= 15 is 0 Å². The first-order chi connectivity index (χ1) is 12.0. The van der Waals surface area contributed by atoms with Crippen LogP contribution in [0.4, 0.5) is 5.69 Å². The first kappa shape index (κ1) is 19.3. The summed E-state index contributed by atoms with van der Waals surface area (Å²) in [4.78, 5) is 12.4. The van der Waals surface area contributed by atoms with E-state index in [2.05, 4.69) is 43.8 Å². The van der Waals surface area contributed by atoms with Crippen LogP contribution >= 0.6 is 38.5 Å². The topological polar surface area (TPSA) is 71.3 Å². The molecule has 2 rings (SSSR count). The molecule has 2 aromatic rings. The monoisotopic (exact) mass is 512 g/mol. The number of carbonyl (C=O) groups excluding carboxylic acids is 1. The van der Waals surface area contributed by atoms with E-state index in [-0.39, 0.29) is 5.57 Å². The third-order valence-corrected chi connectivity index (χ3v) is 4.78. The van der Waals surface area contributed by atoms with Crippen molar-refractivity contribution >= 4 is 56.2 Å². The highest BCUT2D eigenvalue weighted by molar-refractivity contribution is 14.1. The van der Waals surface area contributed by atoms with Crippen molar-refractivity contribution in [3.63, 3.8) is 0 Å². The van der Waals surface area contributed by atoms with Gasteiger partial charge < -0.3 is 14.8 Å². The molecule has 0 spiro atoms. The summed E-state index contributed by atoms with van der Waals surface area (Å²) in [5, 5.41) is 12.1. The number of para-hydroxylation sites is 1. The molecule has 0 saturated heterocycles. The van der Waals surface area contributed by atoms with Gasteiger partial charge in [-0.1, -0.05) is 12.1 Å². The van der Waals surface area contributed by atoms with Gasteiger partial charge in [-0.15, -0.1) is 0 Å². The Hall–Kier alpha value is -2.05. The van der Waals surface area contributed by atoms with Crippen molar-refractivity contribution in [2.75, 3.05) is 19.5 Å². The average molecular weight is 513 g/mol. The van der Waals surface area contributed by atoms with Gasteiger partial charge in [0.25, 0.3) is 5.91 Å². The van der Waals surface area contributed by atoms with Crippen LogP contribution in [0, 0.1) is 14.9 Å². The van der Waals surface area contributed by atoms with Crippen LogP contribution in [0.15, 0.2) is 46.4 Å². The number of nitriles is 1. The third-order valence-electron chi connectivity index (χ3n) is 3.25. The fourth-order valence-corrected chi connectivity index (χ4v) is 3.23. The predicted octanol–water partition coefficient (Wildman–Crippen LogP) is 4.62. The van der Waals surface area contributed by atoms with Crippen LogP contribution in [-0.2, 0) is 4.79 Å². The standard InChI is InChI=1S/C18H14BrIN2O3/c1-24-16-9-11(8-13(19)17(16)25-2)7-12(10-21)18(23)22-15-6-4-3-5-14(15)20/h3-9H,1-2H3,(H,22,23)/b12-7+. The Morgan fingerprint density at radius 1 is 1.28 bits per heavy atom. The minimum atomic E-state index is -0.475. The number of nitrogens with zero attached hydrogens (tertiary/aromatic N) is 1. The number of rotatable bonds is 5. The molecule has 1 N–H and O–H groups in total. The molecule has 1 amide bonds. The van der Waals surface area contributed by atoms with Gasteiger partial charge in [0.2, 0.25) is 0 Å². The Morgan fingerprint density at radius 2 is 2.00 bits per heavy atom. The number of nitrogens with one attached hydrogen (secondary N) is 1. The highest BCUT2D eigenvalue weighted by Crippen LogP contribution is 2.36. The van der Waals surface area contributed by atoms with Crippen molar-refractivity contribution in [3.8, 4) is 17.6 Å². The largest absolute Gasteiger partial charge is 0.493 e. The summed E-state index contributed by atoms with van der Waals surface area (Å²) in [7, 11) is 3.06. The number of hydrogen-bond acceptors (Lipinski definition) is 4. The summed E-state index contributed by atoms with van der Waals surface area (Å²) >= 11 is 5.51. The molecule has 5 nitrogen and oxygen atoms in total. The number of ether oxygens (including phenoxy) is 2. The smallest absolute Gasteiger partial charge is 0.266 e. The molecule has 0 aliphatic rings. The lowest BCUT2D eigenvalue weighted by molar-refractivity contribution is -0.112. The molecule has 0 aromatic heterocycles. The van der Waals surface area contributed by atoms with Crippen LogP contribution in [0.1, 0.15) is 5.56 Å². The molecular formula is C18H14BrIN2O3. The van der Waals surface area contributed by atoms with E-state index in [1.54, 1.807) is 18.2 Å². The fourth-order valence-electron chi connectivity index (χ4n) is 2.09. The minimum absolute atomic E-state index is 0.0150. The normalized spacial score (nSPS) is 10.8. The lowest BCUT2D eigenvalue weighted by Gasteiger charge is -2.11. The minimum Gasteiger partial charge on any atom is -0.493 e. The van der Waals surface area contributed by atoms with Gasteiger partial charge in [0.05, 0.1) is 24.4 Å². The Labute approximate surface area is 167 Å². The molecule has 0 bridgehead atoms. The fraction of sp³-hybridized carbons (Fsp3) is 0.111. The third kappa shape index (κ3) is 4.74. The van der Waals surface area contributed by atoms with Crippen LogP contribution in [0.25, 0.3) is 6.08 Å². The predicted molar refractivity (Wildman–Crippen MR) is 109 cm³/mol. The second kappa shape index (κ2) is 8.87. The summed E-state index contributed by atoms with van der Waals surface area (Å²) in [6.45, 7) is 0. The number of amides is 1. The molecule has 0 fully saturated rings. The van der Waals surface area contributed by atoms with E-state index in [9.17, 15) is 10.1 Å². The summed E-state index contributed by atoms with van der Waals surface area (Å²) in [6, 6.07) is 12.7. The molecule has 2 aromatic carbocycles. The lowest BCUT2D eigenvalue weighted by atomic mass is 10.1. The zero-order chi connectivity index (χ0) is 18.4. The van der Waals surface area contributed by atoms with Crippen LogP contribution in [0.3, 0.4) is 0 Å². The number of halogens is 2. The summed E-state index contributed by atoms with van der Waals surface area (Å²) in [6.07, 6.45) is 1.50. The number of benzene rings is 2. The van der Waals surface area contributed by atoms with E-state index < -0.39 is 5.91 Å². The first-order valence-electron chi connectivity index (χ1n) is 7.09. The van der Waals surface area contributed by atoms with Crippen molar-refractivity contribution in [1.29, 1.82) is 5.26 Å². The molecule has 0 unspecified atom stereocenters. The molecule has 0 heterocycles. The maximum atomic E-state index is 12.4. The summed E-state index contributed by atoms with van der Waals surface area (Å²) in [5.74, 6) is 0.567. The zero-order valence-electron chi connectivity index (χ0n) is 13.5. The van der Waals surface area contributed by atoms with Gasteiger partial charge >= 0.3 is 0 Å². The van der Waals surface area contributed by atoms with Gasteiger partial charge in [-0.2, -0.15) is 5.26 Å². The van der Waals surface area contributed by atoms with E-state index in [0.29, 0.717) is 27.2 Å². The number of carbonyl (C=O) groups is 1. The van der Waals surface area contributed by atoms with Crippen LogP contribution in [0.5, 0.6) is 11.5 Å². The summed E-state index contributed by atoms with van der Waals surface area (Å²) in [5.41, 5.74) is 1.28. The molecule has 0 aliphatic carbocycles. The number of hydrogen-bond donors (Lipinski definition) is 1. The molecule has 25 heavy (non-hydrogen) atoms. The van der Waals surface area contributed by atoms with E-state index in [0.717, 1.165) is 3.57 Å². The lowest BCUT2D eigenvalue weighted by Crippen LogP contribution is -2.14. The van der Waals surface area contributed by atoms with Gasteiger partial charge in [-0.05, 0) is 74.4 Å². The van der Waals surface area contributed by atoms with Crippen molar-refractivity contribution in [2.45, 2.75) is 0 Å². The van der Waals surface area contributed by atoms with Crippen LogP contribution in [-0.4, -0.2) is 20.1 Å². The second-order valence-corrected chi connectivity index (χ2v) is 6.86. The second-order valence-electron chi connectivity index (χ2n) is 4.84. The van der Waals surface area contributed by atoms with Gasteiger partial charge in [0.15, 0.2) is 11.5 Å². The average Bonchev–Trinajstić information content (AvgIpc) is 2.60. The van der Waals surface area contributed by atoms with E-state index in [1.165, 1.54) is 20.3 Å². The number of methoxy groups -OCH3 is 2. The molecule has 0 aliphatic heterocycles. The Bertz CT molecular complexity index is 875.